The molecule has 6 nitrogen and oxygen atoms in total. The number of rotatable bonds is 57. The van der Waals surface area contributed by atoms with E-state index in [0.717, 1.165) is 70.6 Å². The average molecular weight is 971 g/mol. The van der Waals surface area contributed by atoms with Crippen molar-refractivity contribution in [1.29, 1.82) is 0 Å². The van der Waals surface area contributed by atoms with Crippen molar-refractivity contribution >= 4 is 11.9 Å². The van der Waals surface area contributed by atoms with Gasteiger partial charge in [0, 0.05) is 12.8 Å². The predicted molar refractivity (Wildman–Crippen MR) is 301 cm³/mol. The van der Waals surface area contributed by atoms with Crippen LogP contribution in [0.15, 0.2) is 36.5 Å². The highest BCUT2D eigenvalue weighted by Crippen LogP contribution is 2.17. The van der Waals surface area contributed by atoms with Crippen molar-refractivity contribution in [3.8, 4) is 0 Å². The fraction of sp³-hybridized carbons (Fsp3) is 0.873. The Balaban J connectivity index is 3.54. The molecule has 0 aromatic heterocycles. The summed E-state index contributed by atoms with van der Waals surface area (Å²) in [4.78, 5) is 24.6. The topological polar surface area (TPSA) is 95.9 Å². The van der Waals surface area contributed by atoms with Gasteiger partial charge in [-0.25, -0.2) is 0 Å². The fourth-order valence-electron chi connectivity index (χ4n) is 9.40. The molecule has 2 atom stereocenters. The van der Waals surface area contributed by atoms with E-state index in [4.69, 9.17) is 4.74 Å². The van der Waals surface area contributed by atoms with Gasteiger partial charge in [0.2, 0.25) is 5.91 Å². The first-order valence-electron chi connectivity index (χ1n) is 30.8. The normalized spacial score (nSPS) is 12.8. The Kier molecular flexibility index (Phi) is 57.0. The van der Waals surface area contributed by atoms with Crippen molar-refractivity contribution in [1.82, 2.24) is 5.32 Å². The van der Waals surface area contributed by atoms with Crippen LogP contribution < -0.4 is 5.32 Å². The number of unbranched alkanes of at least 4 members (excludes halogenated alkanes) is 42. The summed E-state index contributed by atoms with van der Waals surface area (Å²) in [7, 11) is 0. The molecular formula is C63H119NO5. The molecule has 0 spiro atoms. The summed E-state index contributed by atoms with van der Waals surface area (Å²) in [6, 6.07) is -0.668. The fourth-order valence-corrected chi connectivity index (χ4v) is 9.40. The molecule has 2 unspecified atom stereocenters. The Hall–Kier alpha value is -1.92. The van der Waals surface area contributed by atoms with Crippen LogP contribution in [0.2, 0.25) is 0 Å². The second kappa shape index (κ2) is 58.6. The van der Waals surface area contributed by atoms with Crippen LogP contribution >= 0.6 is 0 Å². The molecule has 0 radical (unpaired) electrons. The lowest BCUT2D eigenvalue weighted by Gasteiger charge is -2.19. The molecule has 0 saturated carbocycles. The van der Waals surface area contributed by atoms with Gasteiger partial charge in [0.15, 0.2) is 0 Å². The van der Waals surface area contributed by atoms with E-state index in [-0.39, 0.29) is 18.5 Å². The third-order valence-corrected chi connectivity index (χ3v) is 14.1. The number of carbonyl (C=O) groups is 2. The van der Waals surface area contributed by atoms with E-state index in [2.05, 4.69) is 43.5 Å². The molecule has 0 bridgehead atoms. The molecule has 0 aromatic carbocycles. The van der Waals surface area contributed by atoms with Gasteiger partial charge in [-0.3, -0.25) is 9.59 Å². The lowest BCUT2D eigenvalue weighted by atomic mass is 10.0. The van der Waals surface area contributed by atoms with E-state index >= 15 is 0 Å². The molecule has 0 aliphatic rings. The first-order chi connectivity index (χ1) is 34.0. The number of nitrogens with one attached hydrogen (secondary N) is 1. The maximum atomic E-state index is 12.5. The molecule has 0 heterocycles. The van der Waals surface area contributed by atoms with E-state index in [1.165, 1.54) is 231 Å². The Bertz CT molecular complexity index is 1120. The number of ether oxygens (including phenoxy) is 1. The molecular weight excluding hydrogens is 851 g/mol. The summed E-state index contributed by atoms with van der Waals surface area (Å²) in [6.07, 6.45) is 73.3. The molecule has 0 aromatic rings. The van der Waals surface area contributed by atoms with E-state index in [1.807, 2.05) is 6.08 Å². The third kappa shape index (κ3) is 55.2. The number of esters is 1. The SMILES string of the molecule is CCCCCCCCC/C=C\CCCCCCCCCC(=O)OCCCCCC/C=C\CCCC(=O)NC(CO)C(O)/C=C/CCCCCCCCCCCCCCCCCCCCCCCCC. The Morgan fingerprint density at radius 2 is 0.696 bits per heavy atom. The first kappa shape index (κ1) is 67.1. The standard InChI is InChI=1S/C63H119NO5/c1-3-5-7-9-11-13-15-17-19-21-23-24-25-26-27-28-29-30-32-34-36-39-43-47-51-55-61(66)60(59-65)64-62(67)56-52-48-44-40-38-42-46-50-54-58-69-63(68)57-53-49-45-41-37-35-33-31-22-20-18-16-14-12-10-8-6-4-2/h20,22,40,44,51,55,60-61,65-66H,3-19,21,23-39,41-43,45-50,52-54,56-59H2,1-2H3,(H,64,67)/b22-20-,44-40-,55-51+. The molecule has 6 heteroatoms. The van der Waals surface area contributed by atoms with Crippen molar-refractivity contribution in [2.75, 3.05) is 13.2 Å². The van der Waals surface area contributed by atoms with Gasteiger partial charge in [0.25, 0.3) is 0 Å². The van der Waals surface area contributed by atoms with Crippen molar-refractivity contribution < 1.29 is 24.5 Å². The van der Waals surface area contributed by atoms with Crippen LogP contribution in [0.4, 0.5) is 0 Å². The van der Waals surface area contributed by atoms with Crippen LogP contribution in [0.1, 0.15) is 328 Å². The Morgan fingerprint density at radius 3 is 1.06 bits per heavy atom. The van der Waals surface area contributed by atoms with Gasteiger partial charge >= 0.3 is 5.97 Å². The largest absolute Gasteiger partial charge is 0.466 e. The van der Waals surface area contributed by atoms with Crippen LogP contribution in [0, 0.1) is 0 Å². The van der Waals surface area contributed by atoms with Crippen LogP contribution in [0.25, 0.3) is 0 Å². The van der Waals surface area contributed by atoms with Crippen molar-refractivity contribution in [3.05, 3.63) is 36.5 Å². The van der Waals surface area contributed by atoms with Crippen LogP contribution in [0.5, 0.6) is 0 Å². The molecule has 406 valence electrons. The quantitative estimate of drug-likeness (QED) is 0.0321. The minimum absolute atomic E-state index is 0.0402. The highest BCUT2D eigenvalue weighted by molar-refractivity contribution is 5.76. The minimum Gasteiger partial charge on any atom is -0.466 e. The van der Waals surface area contributed by atoms with Crippen LogP contribution in [-0.4, -0.2) is 47.4 Å². The molecule has 0 rings (SSSR count). The smallest absolute Gasteiger partial charge is 0.305 e. The number of aliphatic hydroxyl groups excluding tert-OH is 2. The summed E-state index contributed by atoms with van der Waals surface area (Å²) >= 11 is 0. The number of hydrogen-bond donors (Lipinski definition) is 3. The molecule has 0 fully saturated rings. The van der Waals surface area contributed by atoms with E-state index < -0.39 is 12.1 Å². The Labute approximate surface area is 430 Å². The summed E-state index contributed by atoms with van der Waals surface area (Å²) in [5, 5.41) is 23.2. The molecule has 69 heavy (non-hydrogen) atoms. The third-order valence-electron chi connectivity index (χ3n) is 14.1. The maximum absolute atomic E-state index is 12.5. The molecule has 1 amide bonds. The zero-order chi connectivity index (χ0) is 50.0. The van der Waals surface area contributed by atoms with Gasteiger partial charge in [-0.2, -0.15) is 0 Å². The van der Waals surface area contributed by atoms with Gasteiger partial charge in [0.05, 0.1) is 25.4 Å². The number of carbonyl (C=O) groups excluding carboxylic acids is 2. The number of hydrogen-bond acceptors (Lipinski definition) is 5. The number of amides is 1. The van der Waals surface area contributed by atoms with Gasteiger partial charge in [-0.1, -0.05) is 275 Å². The first-order valence-corrected chi connectivity index (χ1v) is 30.8. The predicted octanol–water partition coefficient (Wildman–Crippen LogP) is 19.2. The lowest BCUT2D eigenvalue weighted by Crippen LogP contribution is -2.45. The second-order valence-electron chi connectivity index (χ2n) is 21.0. The van der Waals surface area contributed by atoms with Gasteiger partial charge in [0.1, 0.15) is 0 Å². The maximum Gasteiger partial charge on any atom is 0.305 e. The van der Waals surface area contributed by atoms with Gasteiger partial charge < -0.3 is 20.3 Å². The summed E-state index contributed by atoms with van der Waals surface area (Å²) in [6.45, 7) is 4.83. The Morgan fingerprint density at radius 1 is 0.391 bits per heavy atom. The average Bonchev–Trinajstić information content (AvgIpc) is 3.35. The summed E-state index contributed by atoms with van der Waals surface area (Å²) in [5.74, 6) is -0.166. The second-order valence-corrected chi connectivity index (χ2v) is 21.0. The van der Waals surface area contributed by atoms with Crippen molar-refractivity contribution in [2.45, 2.75) is 341 Å². The zero-order valence-electron chi connectivity index (χ0n) is 46.3. The van der Waals surface area contributed by atoms with Gasteiger partial charge in [-0.05, 0) is 77.0 Å². The van der Waals surface area contributed by atoms with Crippen LogP contribution in [0.3, 0.4) is 0 Å². The van der Waals surface area contributed by atoms with E-state index in [1.54, 1.807) is 6.08 Å². The molecule has 0 aliphatic carbocycles. The number of aliphatic hydroxyl groups is 2. The lowest BCUT2D eigenvalue weighted by molar-refractivity contribution is -0.143. The molecule has 0 saturated heterocycles. The van der Waals surface area contributed by atoms with E-state index in [9.17, 15) is 19.8 Å². The minimum atomic E-state index is -0.877. The van der Waals surface area contributed by atoms with Crippen molar-refractivity contribution in [2.24, 2.45) is 0 Å². The number of allylic oxidation sites excluding steroid dienone is 5. The zero-order valence-corrected chi connectivity index (χ0v) is 46.3. The monoisotopic (exact) mass is 970 g/mol. The van der Waals surface area contributed by atoms with Gasteiger partial charge in [-0.15, -0.1) is 0 Å². The summed E-state index contributed by atoms with van der Waals surface area (Å²) < 4.78 is 5.46. The van der Waals surface area contributed by atoms with Crippen LogP contribution in [-0.2, 0) is 14.3 Å². The highest BCUT2D eigenvalue weighted by atomic mass is 16.5. The summed E-state index contributed by atoms with van der Waals surface area (Å²) in [5.41, 5.74) is 0. The van der Waals surface area contributed by atoms with E-state index in [0.29, 0.717) is 19.4 Å². The highest BCUT2D eigenvalue weighted by Gasteiger charge is 2.18. The molecule has 3 N–H and O–H groups in total. The van der Waals surface area contributed by atoms with Crippen molar-refractivity contribution in [3.63, 3.8) is 0 Å². The molecule has 0 aliphatic heterocycles.